The molecule has 2 rings (SSSR count). The third-order valence-corrected chi connectivity index (χ3v) is 3.88. The predicted molar refractivity (Wildman–Crippen MR) is 88.8 cm³/mol. The van der Waals surface area contributed by atoms with Crippen molar-refractivity contribution >= 4 is 11.9 Å². The summed E-state index contributed by atoms with van der Waals surface area (Å²) in [5.74, 6) is -0.971. The summed E-state index contributed by atoms with van der Waals surface area (Å²) in [6.45, 7) is 5.25. The maximum Gasteiger partial charge on any atom is 0.416 e. The minimum absolute atomic E-state index is 0.0587. The molecule has 0 atom stereocenters. The lowest BCUT2D eigenvalue weighted by atomic mass is 10.1. The molecule has 0 fully saturated rings. The summed E-state index contributed by atoms with van der Waals surface area (Å²) in [7, 11) is 0. The Morgan fingerprint density at radius 2 is 1.77 bits per heavy atom. The maximum atomic E-state index is 12.5. The number of amides is 1. The van der Waals surface area contributed by atoms with Crippen LogP contribution in [0.1, 0.15) is 50.2 Å². The third-order valence-electron chi connectivity index (χ3n) is 3.88. The lowest BCUT2D eigenvalue weighted by Gasteiger charge is -2.08. The molecule has 5 nitrogen and oxygen atoms in total. The van der Waals surface area contributed by atoms with Gasteiger partial charge in [0, 0.05) is 12.2 Å². The molecule has 0 aliphatic rings. The zero-order valence-corrected chi connectivity index (χ0v) is 14.6. The summed E-state index contributed by atoms with van der Waals surface area (Å²) < 4.78 is 42.6. The summed E-state index contributed by atoms with van der Waals surface area (Å²) in [5, 5.41) is 2.62. The van der Waals surface area contributed by atoms with Crippen molar-refractivity contribution in [2.45, 2.75) is 33.5 Å². The monoisotopic (exact) mass is 368 g/mol. The number of hydrogen-bond acceptors (Lipinski definition) is 3. The smallest absolute Gasteiger partial charge is 0.416 e. The number of ether oxygens (including phenoxy) is 1. The van der Waals surface area contributed by atoms with Crippen LogP contribution in [0, 0.1) is 13.8 Å². The molecule has 0 unspecified atom stereocenters. The molecule has 1 aromatic carbocycles. The molecular formula is C18H19F3N2O3. The SMILES string of the molecule is CCOC(=O)c1c(C)[nH]c(C(=O)NCc2ccc(C(F)(F)F)cc2)c1C. The van der Waals surface area contributed by atoms with Crippen molar-refractivity contribution in [3.63, 3.8) is 0 Å². The maximum absolute atomic E-state index is 12.5. The number of halogens is 3. The van der Waals surface area contributed by atoms with E-state index < -0.39 is 23.6 Å². The van der Waals surface area contributed by atoms with E-state index in [-0.39, 0.29) is 18.8 Å². The standard InChI is InChI=1S/C18H19F3N2O3/c1-4-26-17(25)14-10(2)15(23-11(14)3)16(24)22-9-12-5-7-13(8-6-12)18(19,20)21/h5-8,23H,4,9H2,1-3H3,(H,22,24). The van der Waals surface area contributed by atoms with Gasteiger partial charge in [-0.3, -0.25) is 4.79 Å². The Labute approximate surface area is 148 Å². The Morgan fingerprint density at radius 3 is 2.31 bits per heavy atom. The fourth-order valence-electron chi connectivity index (χ4n) is 2.57. The zero-order valence-electron chi connectivity index (χ0n) is 14.6. The number of carbonyl (C=O) groups is 2. The first-order valence-corrected chi connectivity index (χ1v) is 7.95. The minimum Gasteiger partial charge on any atom is -0.462 e. The first kappa shape index (κ1) is 19.6. The highest BCUT2D eigenvalue weighted by Gasteiger charge is 2.30. The largest absolute Gasteiger partial charge is 0.462 e. The molecule has 0 radical (unpaired) electrons. The van der Waals surface area contributed by atoms with Crippen molar-refractivity contribution in [3.05, 3.63) is 57.9 Å². The number of aromatic amines is 1. The van der Waals surface area contributed by atoms with Crippen molar-refractivity contribution in [2.75, 3.05) is 6.61 Å². The van der Waals surface area contributed by atoms with E-state index in [2.05, 4.69) is 10.3 Å². The molecule has 8 heteroatoms. The van der Waals surface area contributed by atoms with Crippen LogP contribution < -0.4 is 5.32 Å². The lowest BCUT2D eigenvalue weighted by Crippen LogP contribution is -2.24. The Kier molecular flexibility index (Phi) is 5.74. The van der Waals surface area contributed by atoms with E-state index in [1.807, 2.05) is 0 Å². The summed E-state index contributed by atoms with van der Waals surface area (Å²) in [6, 6.07) is 4.54. The van der Waals surface area contributed by atoms with Gasteiger partial charge in [-0.05, 0) is 44.0 Å². The highest BCUT2D eigenvalue weighted by molar-refractivity contribution is 6.00. The number of aryl methyl sites for hydroxylation is 1. The lowest BCUT2D eigenvalue weighted by molar-refractivity contribution is -0.137. The van der Waals surface area contributed by atoms with Gasteiger partial charge in [-0.2, -0.15) is 13.2 Å². The van der Waals surface area contributed by atoms with Gasteiger partial charge in [-0.25, -0.2) is 4.79 Å². The molecule has 0 bridgehead atoms. The molecule has 0 aliphatic carbocycles. The van der Waals surface area contributed by atoms with Crippen LogP contribution in [0.25, 0.3) is 0 Å². The van der Waals surface area contributed by atoms with Crippen molar-refractivity contribution < 1.29 is 27.5 Å². The van der Waals surface area contributed by atoms with Crippen molar-refractivity contribution in [1.29, 1.82) is 0 Å². The number of hydrogen-bond donors (Lipinski definition) is 2. The van der Waals surface area contributed by atoms with Gasteiger partial charge in [0.25, 0.3) is 5.91 Å². The normalized spacial score (nSPS) is 11.3. The number of rotatable bonds is 5. The van der Waals surface area contributed by atoms with Crippen LogP contribution in [0.5, 0.6) is 0 Å². The summed E-state index contributed by atoms with van der Waals surface area (Å²) in [5.41, 5.74) is 1.29. The Bertz CT molecular complexity index is 808. The molecular weight excluding hydrogens is 349 g/mol. The van der Waals surface area contributed by atoms with Gasteiger partial charge >= 0.3 is 12.1 Å². The molecule has 0 aliphatic heterocycles. The number of H-pyrrole nitrogens is 1. The average Bonchev–Trinajstić information content (AvgIpc) is 2.87. The van der Waals surface area contributed by atoms with Gasteiger partial charge in [0.05, 0.1) is 17.7 Å². The van der Waals surface area contributed by atoms with Gasteiger partial charge < -0.3 is 15.0 Å². The van der Waals surface area contributed by atoms with E-state index in [4.69, 9.17) is 4.74 Å². The predicted octanol–water partition coefficient (Wildman–Crippen LogP) is 3.76. The topological polar surface area (TPSA) is 71.2 Å². The second-order valence-electron chi connectivity index (χ2n) is 5.72. The van der Waals surface area contributed by atoms with Gasteiger partial charge in [0.15, 0.2) is 0 Å². The molecule has 26 heavy (non-hydrogen) atoms. The van der Waals surface area contributed by atoms with Crippen molar-refractivity contribution in [2.24, 2.45) is 0 Å². The van der Waals surface area contributed by atoms with E-state index in [1.54, 1.807) is 20.8 Å². The van der Waals surface area contributed by atoms with Gasteiger partial charge in [0.2, 0.25) is 0 Å². The van der Waals surface area contributed by atoms with E-state index >= 15 is 0 Å². The summed E-state index contributed by atoms with van der Waals surface area (Å²) in [4.78, 5) is 27.1. The highest BCUT2D eigenvalue weighted by Crippen LogP contribution is 2.29. The Hall–Kier alpha value is -2.77. The number of esters is 1. The summed E-state index contributed by atoms with van der Waals surface area (Å²) >= 11 is 0. The van der Waals surface area contributed by atoms with Gasteiger partial charge in [-0.1, -0.05) is 12.1 Å². The second-order valence-corrected chi connectivity index (χ2v) is 5.72. The fraction of sp³-hybridized carbons (Fsp3) is 0.333. The minimum atomic E-state index is -4.40. The van der Waals surface area contributed by atoms with Crippen LogP contribution in [0.4, 0.5) is 13.2 Å². The van der Waals surface area contributed by atoms with Crippen LogP contribution >= 0.6 is 0 Å². The molecule has 0 saturated carbocycles. The van der Waals surface area contributed by atoms with E-state index in [0.717, 1.165) is 12.1 Å². The van der Waals surface area contributed by atoms with Crippen LogP contribution in [-0.2, 0) is 17.5 Å². The molecule has 0 saturated heterocycles. The molecule has 2 N–H and O–H groups in total. The molecule has 1 aromatic heterocycles. The quantitative estimate of drug-likeness (QED) is 0.790. The number of alkyl halides is 3. The van der Waals surface area contributed by atoms with Crippen LogP contribution in [-0.4, -0.2) is 23.5 Å². The van der Waals surface area contributed by atoms with E-state index in [1.165, 1.54) is 12.1 Å². The second kappa shape index (κ2) is 7.63. The molecule has 1 heterocycles. The zero-order chi connectivity index (χ0) is 19.5. The van der Waals surface area contributed by atoms with Gasteiger partial charge in [0.1, 0.15) is 5.69 Å². The average molecular weight is 368 g/mol. The Morgan fingerprint density at radius 1 is 1.15 bits per heavy atom. The van der Waals surface area contributed by atoms with Gasteiger partial charge in [-0.15, -0.1) is 0 Å². The number of nitrogens with one attached hydrogen (secondary N) is 2. The van der Waals surface area contributed by atoms with E-state index in [0.29, 0.717) is 22.4 Å². The number of aromatic nitrogens is 1. The van der Waals surface area contributed by atoms with Crippen LogP contribution in [0.2, 0.25) is 0 Å². The number of carbonyl (C=O) groups excluding carboxylic acids is 2. The van der Waals surface area contributed by atoms with E-state index in [9.17, 15) is 22.8 Å². The highest BCUT2D eigenvalue weighted by atomic mass is 19.4. The van der Waals surface area contributed by atoms with Crippen molar-refractivity contribution in [3.8, 4) is 0 Å². The first-order chi connectivity index (χ1) is 12.1. The van der Waals surface area contributed by atoms with Crippen LogP contribution in [0.15, 0.2) is 24.3 Å². The number of benzene rings is 1. The molecule has 1 amide bonds. The van der Waals surface area contributed by atoms with Crippen LogP contribution in [0.3, 0.4) is 0 Å². The molecule has 140 valence electrons. The van der Waals surface area contributed by atoms with Crippen molar-refractivity contribution in [1.82, 2.24) is 10.3 Å². The summed E-state index contributed by atoms with van der Waals surface area (Å²) in [6.07, 6.45) is -4.40. The molecule has 0 spiro atoms. The molecule has 2 aromatic rings. The third kappa shape index (κ3) is 4.25. The fourth-order valence-corrected chi connectivity index (χ4v) is 2.57. The Balaban J connectivity index is 2.09. The first-order valence-electron chi connectivity index (χ1n) is 7.95.